The second-order valence-electron chi connectivity index (χ2n) is 4.33. The summed E-state index contributed by atoms with van der Waals surface area (Å²) < 4.78 is 5.51. The molecule has 0 aromatic carbocycles. The summed E-state index contributed by atoms with van der Waals surface area (Å²) in [6.45, 7) is 6.13. The van der Waals surface area contributed by atoms with Crippen LogP contribution < -0.4 is 5.73 Å². The van der Waals surface area contributed by atoms with Gasteiger partial charge in [0, 0.05) is 5.41 Å². The second-order valence-corrected chi connectivity index (χ2v) is 4.33. The fraction of sp³-hybridized carbons (Fsp3) is 0.400. The first-order valence-electron chi connectivity index (χ1n) is 4.50. The summed E-state index contributed by atoms with van der Waals surface area (Å²) in [5, 5.41) is 0. The summed E-state index contributed by atoms with van der Waals surface area (Å²) in [7, 11) is 0. The van der Waals surface area contributed by atoms with E-state index in [9.17, 15) is 0 Å². The van der Waals surface area contributed by atoms with Gasteiger partial charge in [-0.1, -0.05) is 20.8 Å². The fourth-order valence-corrected chi connectivity index (χ4v) is 1.15. The largest absolute Gasteiger partial charge is 0.422 e. The third-order valence-electron chi connectivity index (χ3n) is 1.92. The van der Waals surface area contributed by atoms with Crippen molar-refractivity contribution in [1.29, 1.82) is 0 Å². The maximum atomic E-state index is 5.54. The first kappa shape index (κ1) is 8.99. The Kier molecular flexibility index (Phi) is 1.74. The number of hydrogen-bond donors (Lipinski definition) is 1. The zero-order valence-electron chi connectivity index (χ0n) is 8.53. The van der Waals surface area contributed by atoms with E-state index in [1.807, 2.05) is 26.8 Å². The van der Waals surface area contributed by atoms with Crippen molar-refractivity contribution in [3.05, 3.63) is 18.0 Å². The van der Waals surface area contributed by atoms with Gasteiger partial charge >= 0.3 is 0 Å². The lowest BCUT2D eigenvalue weighted by Crippen LogP contribution is -2.10. The highest BCUT2D eigenvalue weighted by molar-refractivity contribution is 5.70. The van der Waals surface area contributed by atoms with Gasteiger partial charge in [0.1, 0.15) is 11.3 Å². The molecule has 0 aliphatic heterocycles. The van der Waals surface area contributed by atoms with E-state index in [0.717, 1.165) is 5.52 Å². The summed E-state index contributed by atoms with van der Waals surface area (Å²) in [4.78, 5) is 8.40. The van der Waals surface area contributed by atoms with Crippen molar-refractivity contribution in [3.63, 3.8) is 0 Å². The predicted molar refractivity (Wildman–Crippen MR) is 54.9 cm³/mol. The Morgan fingerprint density at radius 1 is 1.21 bits per heavy atom. The van der Waals surface area contributed by atoms with Crippen molar-refractivity contribution in [2.24, 2.45) is 0 Å². The molecule has 0 bridgehead atoms. The highest BCUT2D eigenvalue weighted by Crippen LogP contribution is 2.24. The van der Waals surface area contributed by atoms with Crippen LogP contribution in [0.15, 0.2) is 16.5 Å². The molecule has 2 N–H and O–H groups in total. The Morgan fingerprint density at radius 3 is 2.57 bits per heavy atom. The van der Waals surface area contributed by atoms with Crippen molar-refractivity contribution in [1.82, 2.24) is 9.97 Å². The molecule has 0 unspecified atom stereocenters. The minimum atomic E-state index is -0.102. The van der Waals surface area contributed by atoms with Crippen LogP contribution in [-0.2, 0) is 5.41 Å². The topological polar surface area (TPSA) is 64.9 Å². The van der Waals surface area contributed by atoms with Crippen molar-refractivity contribution in [3.8, 4) is 0 Å². The third-order valence-corrected chi connectivity index (χ3v) is 1.92. The Morgan fingerprint density at radius 2 is 1.93 bits per heavy atom. The first-order chi connectivity index (χ1) is 6.47. The van der Waals surface area contributed by atoms with E-state index in [1.54, 1.807) is 6.07 Å². The Labute approximate surface area is 82.1 Å². The molecule has 0 fully saturated rings. The van der Waals surface area contributed by atoms with Gasteiger partial charge in [0.25, 0.3) is 0 Å². The highest BCUT2D eigenvalue weighted by atomic mass is 16.4. The standard InChI is InChI=1S/C10H13N3O/c1-10(2,3)9-12-6-4-5-7(11)13-8(6)14-9/h4-5H,1-3H3,(H2,11,13). The first-order valence-corrected chi connectivity index (χ1v) is 4.50. The van der Waals surface area contributed by atoms with Crippen LogP contribution in [0.1, 0.15) is 26.7 Å². The average molecular weight is 191 g/mol. The van der Waals surface area contributed by atoms with Gasteiger partial charge in [0.15, 0.2) is 0 Å². The monoisotopic (exact) mass is 191 g/mol. The van der Waals surface area contributed by atoms with Crippen molar-refractivity contribution in [2.75, 3.05) is 5.73 Å². The van der Waals surface area contributed by atoms with E-state index < -0.39 is 0 Å². The molecular weight excluding hydrogens is 178 g/mol. The van der Waals surface area contributed by atoms with Gasteiger partial charge in [-0.25, -0.2) is 4.98 Å². The van der Waals surface area contributed by atoms with Gasteiger partial charge in [-0.15, -0.1) is 0 Å². The van der Waals surface area contributed by atoms with E-state index >= 15 is 0 Å². The summed E-state index contributed by atoms with van der Waals surface area (Å²) >= 11 is 0. The molecular formula is C10H13N3O. The van der Waals surface area contributed by atoms with E-state index in [2.05, 4.69) is 9.97 Å². The van der Waals surface area contributed by atoms with E-state index in [-0.39, 0.29) is 5.41 Å². The number of hydrogen-bond acceptors (Lipinski definition) is 4. The molecule has 4 nitrogen and oxygen atoms in total. The molecule has 0 aliphatic carbocycles. The molecule has 2 rings (SSSR count). The molecule has 2 aromatic heterocycles. The second kappa shape index (κ2) is 2.70. The average Bonchev–Trinajstić information content (AvgIpc) is 2.45. The van der Waals surface area contributed by atoms with Gasteiger partial charge in [-0.05, 0) is 12.1 Å². The maximum Gasteiger partial charge on any atom is 0.248 e. The molecule has 0 spiro atoms. The molecule has 4 heteroatoms. The molecule has 2 aromatic rings. The Bertz CT molecular complexity index is 468. The highest BCUT2D eigenvalue weighted by Gasteiger charge is 2.21. The maximum absolute atomic E-state index is 5.54. The summed E-state index contributed by atoms with van der Waals surface area (Å²) in [5.74, 6) is 1.14. The molecule has 0 aliphatic rings. The van der Waals surface area contributed by atoms with Crippen molar-refractivity contribution < 1.29 is 4.42 Å². The minimum Gasteiger partial charge on any atom is -0.422 e. The number of rotatable bonds is 0. The SMILES string of the molecule is CC(C)(C)c1nc2ccc(N)nc2o1. The van der Waals surface area contributed by atoms with Gasteiger partial charge in [-0.3, -0.25) is 0 Å². The van der Waals surface area contributed by atoms with Crippen LogP contribution in [0.2, 0.25) is 0 Å². The Balaban J connectivity index is 2.63. The zero-order chi connectivity index (χ0) is 10.3. The van der Waals surface area contributed by atoms with Crippen LogP contribution >= 0.6 is 0 Å². The summed E-state index contributed by atoms with van der Waals surface area (Å²) in [5.41, 5.74) is 6.70. The molecule has 14 heavy (non-hydrogen) atoms. The Hall–Kier alpha value is -1.58. The molecule has 0 atom stereocenters. The number of fused-ring (bicyclic) bond motifs is 1. The number of oxazole rings is 1. The lowest BCUT2D eigenvalue weighted by Gasteiger charge is -2.11. The van der Waals surface area contributed by atoms with E-state index in [0.29, 0.717) is 17.4 Å². The normalized spacial score (nSPS) is 12.2. The van der Waals surface area contributed by atoms with Crippen molar-refractivity contribution >= 4 is 17.0 Å². The van der Waals surface area contributed by atoms with Crippen LogP contribution in [0.5, 0.6) is 0 Å². The van der Waals surface area contributed by atoms with Gasteiger partial charge in [0.2, 0.25) is 11.6 Å². The van der Waals surface area contributed by atoms with Gasteiger partial charge in [-0.2, -0.15) is 4.98 Å². The van der Waals surface area contributed by atoms with Crippen LogP contribution in [0.3, 0.4) is 0 Å². The number of aromatic nitrogens is 2. The lowest BCUT2D eigenvalue weighted by atomic mass is 9.97. The number of nitrogens with two attached hydrogens (primary N) is 1. The number of anilines is 1. The van der Waals surface area contributed by atoms with E-state index in [1.165, 1.54) is 0 Å². The van der Waals surface area contributed by atoms with Gasteiger partial charge in [0.05, 0.1) is 0 Å². The van der Waals surface area contributed by atoms with Crippen LogP contribution in [-0.4, -0.2) is 9.97 Å². The number of nitrogens with zero attached hydrogens (tertiary/aromatic N) is 2. The minimum absolute atomic E-state index is 0.102. The smallest absolute Gasteiger partial charge is 0.248 e. The third kappa shape index (κ3) is 1.43. The van der Waals surface area contributed by atoms with Crippen LogP contribution in [0.25, 0.3) is 11.2 Å². The summed E-state index contributed by atoms with van der Waals surface area (Å²) in [6.07, 6.45) is 0. The fourth-order valence-electron chi connectivity index (χ4n) is 1.15. The molecule has 0 radical (unpaired) electrons. The number of nitrogen functional groups attached to an aromatic ring is 1. The van der Waals surface area contributed by atoms with E-state index in [4.69, 9.17) is 10.2 Å². The lowest BCUT2D eigenvalue weighted by molar-refractivity contribution is 0.407. The summed E-state index contributed by atoms with van der Waals surface area (Å²) in [6, 6.07) is 3.54. The number of pyridine rings is 1. The molecule has 2 heterocycles. The molecule has 0 saturated carbocycles. The van der Waals surface area contributed by atoms with Gasteiger partial charge < -0.3 is 10.2 Å². The molecule has 0 saturated heterocycles. The predicted octanol–water partition coefficient (Wildman–Crippen LogP) is 2.10. The quantitative estimate of drug-likeness (QED) is 0.692. The molecule has 74 valence electrons. The molecule has 0 amide bonds. The van der Waals surface area contributed by atoms with Crippen LogP contribution in [0.4, 0.5) is 5.82 Å². The van der Waals surface area contributed by atoms with Crippen LogP contribution in [0, 0.1) is 0 Å². The zero-order valence-corrected chi connectivity index (χ0v) is 8.53. The van der Waals surface area contributed by atoms with Crippen molar-refractivity contribution in [2.45, 2.75) is 26.2 Å².